The monoisotopic (exact) mass is 424 g/mol. The predicted molar refractivity (Wildman–Crippen MR) is 128 cm³/mol. The normalized spacial score (nSPS) is 15.2. The standard InChI is InChI=1S/C26H36O3Si/c1-8-26(7,27)21-15-20-25(5,6)28-29-30(24(2,3)4,22-16-11-9-12-17-22)23-18-13-10-14-19-23/h8-20,27H,1,21H2,2-7H3/b20-15+. The second kappa shape index (κ2) is 9.44. The molecule has 2 rings (SSSR count). The zero-order valence-electron chi connectivity index (χ0n) is 19.2. The molecule has 3 nitrogen and oxygen atoms in total. The Labute approximate surface area is 183 Å². The minimum absolute atomic E-state index is 0.165. The van der Waals surface area contributed by atoms with Crippen LogP contribution < -0.4 is 10.4 Å². The minimum Gasteiger partial charge on any atom is -0.386 e. The average Bonchev–Trinajstić information content (AvgIpc) is 2.69. The Bertz CT molecular complexity index is 794. The Kier molecular flexibility index (Phi) is 7.64. The summed E-state index contributed by atoms with van der Waals surface area (Å²) < 4.78 is 6.55. The number of aliphatic hydroxyl groups is 1. The highest BCUT2D eigenvalue weighted by atomic mass is 28.4. The molecule has 162 valence electrons. The summed E-state index contributed by atoms with van der Waals surface area (Å²) in [6.07, 6.45) is 5.85. The maximum Gasteiger partial charge on any atom is 0.305 e. The summed E-state index contributed by atoms with van der Waals surface area (Å²) in [6.45, 7) is 16.0. The molecule has 0 saturated carbocycles. The van der Waals surface area contributed by atoms with E-state index in [1.807, 2.05) is 38.1 Å². The predicted octanol–water partition coefficient (Wildman–Crippen LogP) is 5.16. The van der Waals surface area contributed by atoms with Crippen LogP contribution in [0.15, 0.2) is 85.5 Å². The minimum atomic E-state index is -2.76. The third-order valence-electron chi connectivity index (χ3n) is 5.29. The van der Waals surface area contributed by atoms with Gasteiger partial charge in [0.1, 0.15) is 5.60 Å². The summed E-state index contributed by atoms with van der Waals surface area (Å²) in [5.74, 6) is 0. The first-order valence-corrected chi connectivity index (χ1v) is 12.4. The molecule has 0 amide bonds. The van der Waals surface area contributed by atoms with Crippen LogP contribution in [0.4, 0.5) is 0 Å². The first-order chi connectivity index (χ1) is 13.9. The van der Waals surface area contributed by atoms with Gasteiger partial charge in [0, 0.05) is 0 Å². The molecule has 0 aliphatic carbocycles. The second-order valence-corrected chi connectivity index (χ2v) is 13.8. The molecule has 1 unspecified atom stereocenters. The average molecular weight is 425 g/mol. The van der Waals surface area contributed by atoms with Gasteiger partial charge in [-0.05, 0) is 42.6 Å². The van der Waals surface area contributed by atoms with Crippen molar-refractivity contribution < 1.29 is 14.6 Å². The van der Waals surface area contributed by atoms with Crippen molar-refractivity contribution >= 4 is 18.7 Å². The summed E-state index contributed by atoms with van der Waals surface area (Å²) in [5, 5.41) is 12.3. The van der Waals surface area contributed by atoms with Crippen molar-refractivity contribution in [2.45, 2.75) is 64.2 Å². The molecule has 0 radical (unpaired) electrons. The molecule has 1 N–H and O–H groups in total. The van der Waals surface area contributed by atoms with Crippen LogP contribution >= 0.6 is 0 Å². The lowest BCUT2D eigenvalue weighted by Crippen LogP contribution is -2.67. The van der Waals surface area contributed by atoms with Crippen molar-refractivity contribution in [1.82, 2.24) is 0 Å². The molecule has 2 aromatic rings. The van der Waals surface area contributed by atoms with Crippen molar-refractivity contribution in [3.63, 3.8) is 0 Å². The molecule has 0 heterocycles. The lowest BCUT2D eigenvalue weighted by Gasteiger charge is -2.42. The Balaban J connectivity index is 2.42. The lowest BCUT2D eigenvalue weighted by atomic mass is 10.0. The van der Waals surface area contributed by atoms with Crippen LogP contribution in [-0.4, -0.2) is 24.6 Å². The van der Waals surface area contributed by atoms with E-state index in [0.29, 0.717) is 6.42 Å². The van der Waals surface area contributed by atoms with E-state index in [1.165, 1.54) is 0 Å². The van der Waals surface area contributed by atoms with Gasteiger partial charge in [0.25, 0.3) is 0 Å². The second-order valence-electron chi connectivity index (χ2n) is 9.60. The fourth-order valence-corrected chi connectivity index (χ4v) is 7.63. The fraction of sp³-hybridized carbons (Fsp3) is 0.385. The molecule has 30 heavy (non-hydrogen) atoms. The molecule has 0 aliphatic heterocycles. The Morgan fingerprint density at radius 2 is 1.33 bits per heavy atom. The lowest BCUT2D eigenvalue weighted by molar-refractivity contribution is -0.274. The van der Waals surface area contributed by atoms with Gasteiger partial charge in [0.15, 0.2) is 0 Å². The van der Waals surface area contributed by atoms with Crippen LogP contribution in [0.2, 0.25) is 5.04 Å². The van der Waals surface area contributed by atoms with Crippen LogP contribution in [0.5, 0.6) is 0 Å². The van der Waals surface area contributed by atoms with Crippen LogP contribution in [0, 0.1) is 0 Å². The molecule has 4 heteroatoms. The maximum atomic E-state index is 10.1. The van der Waals surface area contributed by atoms with E-state index in [9.17, 15) is 5.11 Å². The summed E-state index contributed by atoms with van der Waals surface area (Å²) in [5.41, 5.74) is -1.60. The molecule has 0 aliphatic rings. The van der Waals surface area contributed by atoms with Crippen LogP contribution in [0.1, 0.15) is 48.0 Å². The molecule has 0 bridgehead atoms. The van der Waals surface area contributed by atoms with Gasteiger partial charge in [-0.3, -0.25) is 4.58 Å². The fourth-order valence-electron chi connectivity index (χ4n) is 3.46. The van der Waals surface area contributed by atoms with Crippen molar-refractivity contribution in [2.24, 2.45) is 0 Å². The maximum absolute atomic E-state index is 10.1. The van der Waals surface area contributed by atoms with E-state index in [4.69, 9.17) is 9.46 Å². The van der Waals surface area contributed by atoms with Gasteiger partial charge >= 0.3 is 8.32 Å². The summed E-state index contributed by atoms with van der Waals surface area (Å²) in [6, 6.07) is 20.8. The molecule has 0 aromatic heterocycles. The van der Waals surface area contributed by atoms with Crippen LogP contribution in [0.25, 0.3) is 0 Å². The van der Waals surface area contributed by atoms with Crippen molar-refractivity contribution in [1.29, 1.82) is 0 Å². The van der Waals surface area contributed by atoms with Gasteiger partial charge in [-0.15, -0.1) is 6.58 Å². The molecular formula is C26H36O3Si. The summed E-state index contributed by atoms with van der Waals surface area (Å²) in [4.78, 5) is 6.15. The van der Waals surface area contributed by atoms with Crippen molar-refractivity contribution in [3.8, 4) is 0 Å². The van der Waals surface area contributed by atoms with Gasteiger partial charge in [0.2, 0.25) is 0 Å². The van der Waals surface area contributed by atoms with E-state index < -0.39 is 19.5 Å². The zero-order chi connectivity index (χ0) is 22.5. The van der Waals surface area contributed by atoms with E-state index in [-0.39, 0.29) is 5.04 Å². The number of rotatable bonds is 9. The first-order valence-electron chi connectivity index (χ1n) is 10.5. The summed E-state index contributed by atoms with van der Waals surface area (Å²) >= 11 is 0. The molecule has 0 saturated heterocycles. The van der Waals surface area contributed by atoms with E-state index in [2.05, 4.69) is 75.9 Å². The number of benzene rings is 2. The largest absolute Gasteiger partial charge is 0.386 e. The van der Waals surface area contributed by atoms with E-state index >= 15 is 0 Å². The van der Waals surface area contributed by atoms with Crippen LogP contribution in [-0.2, 0) is 9.46 Å². The Hall–Kier alpha value is -1.98. The van der Waals surface area contributed by atoms with Gasteiger partial charge < -0.3 is 5.11 Å². The third kappa shape index (κ3) is 5.79. The molecule has 0 fully saturated rings. The number of hydrogen-bond acceptors (Lipinski definition) is 3. The molecule has 0 spiro atoms. The number of hydrogen-bond donors (Lipinski definition) is 1. The molecule has 1 atom stereocenters. The quantitative estimate of drug-likeness (QED) is 0.262. The SMILES string of the molecule is C=CC(C)(O)C/C=C/C(C)(C)OO[Si](c1ccccc1)(c1ccccc1)C(C)(C)C. The topological polar surface area (TPSA) is 38.7 Å². The zero-order valence-corrected chi connectivity index (χ0v) is 20.2. The van der Waals surface area contributed by atoms with E-state index in [0.717, 1.165) is 10.4 Å². The van der Waals surface area contributed by atoms with Crippen LogP contribution in [0.3, 0.4) is 0 Å². The summed E-state index contributed by atoms with van der Waals surface area (Å²) in [7, 11) is -2.76. The van der Waals surface area contributed by atoms with E-state index in [1.54, 1.807) is 13.0 Å². The van der Waals surface area contributed by atoms with Gasteiger partial charge in [-0.1, -0.05) is 99.7 Å². The van der Waals surface area contributed by atoms with Gasteiger partial charge in [-0.25, -0.2) is 4.89 Å². The smallest absolute Gasteiger partial charge is 0.305 e. The highest BCUT2D eigenvalue weighted by Crippen LogP contribution is 2.37. The Morgan fingerprint density at radius 3 is 1.73 bits per heavy atom. The van der Waals surface area contributed by atoms with Gasteiger partial charge in [0.05, 0.1) is 5.60 Å². The first kappa shape index (κ1) is 24.3. The van der Waals surface area contributed by atoms with Gasteiger partial charge in [-0.2, -0.15) is 0 Å². The highest BCUT2D eigenvalue weighted by Gasteiger charge is 2.52. The third-order valence-corrected chi connectivity index (χ3v) is 10.0. The molecular weight excluding hydrogens is 388 g/mol. The molecule has 2 aromatic carbocycles. The van der Waals surface area contributed by atoms with Crippen molar-refractivity contribution in [3.05, 3.63) is 85.5 Å². The highest BCUT2D eigenvalue weighted by molar-refractivity contribution is 6.99. The Morgan fingerprint density at radius 1 is 0.867 bits per heavy atom. The van der Waals surface area contributed by atoms with Crippen molar-refractivity contribution in [2.75, 3.05) is 0 Å².